The highest BCUT2D eigenvalue weighted by molar-refractivity contribution is 5.45. The molecule has 0 aromatic carbocycles. The van der Waals surface area contributed by atoms with Crippen molar-refractivity contribution in [2.24, 2.45) is 0 Å². The predicted octanol–water partition coefficient (Wildman–Crippen LogP) is 2.97. The SMILES string of the molecule is COCC(Nc1cc(C)nc(N2CCCCC2)n1)c1ccccn1. The molecule has 0 radical (unpaired) electrons. The Labute approximate surface area is 143 Å². The number of methoxy groups -OCH3 is 1. The molecule has 0 amide bonds. The van der Waals surface area contributed by atoms with Crippen LogP contribution >= 0.6 is 0 Å². The number of ether oxygens (including phenoxy) is 1. The number of nitrogens with zero attached hydrogens (tertiary/aromatic N) is 4. The van der Waals surface area contributed by atoms with Crippen LogP contribution in [0.2, 0.25) is 0 Å². The number of aryl methyl sites for hydroxylation is 1. The van der Waals surface area contributed by atoms with E-state index < -0.39 is 0 Å². The first-order valence-electron chi connectivity index (χ1n) is 8.53. The molecule has 1 N–H and O–H groups in total. The monoisotopic (exact) mass is 327 g/mol. The van der Waals surface area contributed by atoms with Gasteiger partial charge in [-0.2, -0.15) is 4.98 Å². The van der Waals surface area contributed by atoms with Gasteiger partial charge in [-0.15, -0.1) is 0 Å². The summed E-state index contributed by atoms with van der Waals surface area (Å²) in [7, 11) is 1.70. The van der Waals surface area contributed by atoms with Gasteiger partial charge in [-0.05, 0) is 38.3 Å². The summed E-state index contributed by atoms with van der Waals surface area (Å²) in [6.45, 7) is 4.60. The fourth-order valence-corrected chi connectivity index (χ4v) is 2.99. The Morgan fingerprint density at radius 1 is 1.21 bits per heavy atom. The first-order valence-corrected chi connectivity index (χ1v) is 8.53. The lowest BCUT2D eigenvalue weighted by Crippen LogP contribution is -2.31. The molecule has 1 saturated heterocycles. The number of nitrogens with one attached hydrogen (secondary N) is 1. The maximum absolute atomic E-state index is 5.35. The van der Waals surface area contributed by atoms with E-state index in [2.05, 4.69) is 20.2 Å². The van der Waals surface area contributed by atoms with Crippen LogP contribution in [0.1, 0.15) is 36.7 Å². The molecule has 0 spiro atoms. The summed E-state index contributed by atoms with van der Waals surface area (Å²) in [6, 6.07) is 7.82. The van der Waals surface area contributed by atoms with Crippen molar-refractivity contribution < 1.29 is 4.74 Å². The van der Waals surface area contributed by atoms with E-state index in [0.717, 1.165) is 36.2 Å². The molecule has 1 atom stereocenters. The largest absolute Gasteiger partial charge is 0.382 e. The molecule has 1 fully saturated rings. The summed E-state index contributed by atoms with van der Waals surface area (Å²) in [5.74, 6) is 1.63. The topological polar surface area (TPSA) is 63.2 Å². The number of hydrogen-bond donors (Lipinski definition) is 1. The van der Waals surface area contributed by atoms with Gasteiger partial charge in [-0.1, -0.05) is 6.07 Å². The summed E-state index contributed by atoms with van der Waals surface area (Å²) in [4.78, 5) is 16.0. The third-order valence-corrected chi connectivity index (χ3v) is 4.18. The second-order valence-corrected chi connectivity index (χ2v) is 6.15. The summed E-state index contributed by atoms with van der Waals surface area (Å²) in [5, 5.41) is 3.45. The smallest absolute Gasteiger partial charge is 0.227 e. The van der Waals surface area contributed by atoms with Crippen LogP contribution in [0, 0.1) is 6.92 Å². The predicted molar refractivity (Wildman–Crippen MR) is 95.3 cm³/mol. The van der Waals surface area contributed by atoms with Gasteiger partial charge in [0.15, 0.2) is 0 Å². The quantitative estimate of drug-likeness (QED) is 0.880. The van der Waals surface area contributed by atoms with Gasteiger partial charge in [0.25, 0.3) is 0 Å². The molecule has 3 heterocycles. The number of piperidine rings is 1. The second-order valence-electron chi connectivity index (χ2n) is 6.15. The first kappa shape index (κ1) is 16.6. The van der Waals surface area contributed by atoms with Crippen LogP contribution in [0.3, 0.4) is 0 Å². The summed E-state index contributed by atoms with van der Waals surface area (Å²) in [6.07, 6.45) is 5.51. The third kappa shape index (κ3) is 4.20. The Balaban J connectivity index is 1.81. The van der Waals surface area contributed by atoms with Gasteiger partial charge in [0, 0.05) is 38.2 Å². The molecule has 128 valence electrons. The van der Waals surface area contributed by atoms with Crippen LogP contribution in [0.4, 0.5) is 11.8 Å². The van der Waals surface area contributed by atoms with Crippen molar-refractivity contribution in [2.75, 3.05) is 37.0 Å². The van der Waals surface area contributed by atoms with Gasteiger partial charge >= 0.3 is 0 Å². The normalized spacial score (nSPS) is 16.0. The number of aromatic nitrogens is 3. The highest BCUT2D eigenvalue weighted by Crippen LogP contribution is 2.21. The van der Waals surface area contributed by atoms with E-state index in [-0.39, 0.29) is 6.04 Å². The molecule has 6 heteroatoms. The number of pyridine rings is 1. The van der Waals surface area contributed by atoms with Crippen molar-refractivity contribution in [3.05, 3.63) is 41.9 Å². The first-order chi connectivity index (χ1) is 11.8. The number of anilines is 2. The van der Waals surface area contributed by atoms with E-state index in [1.165, 1.54) is 19.3 Å². The van der Waals surface area contributed by atoms with Gasteiger partial charge in [0.05, 0.1) is 18.3 Å². The van der Waals surface area contributed by atoms with E-state index in [4.69, 9.17) is 9.72 Å². The van der Waals surface area contributed by atoms with Crippen LogP contribution in [0.5, 0.6) is 0 Å². The van der Waals surface area contributed by atoms with Crippen molar-refractivity contribution >= 4 is 11.8 Å². The zero-order valence-electron chi connectivity index (χ0n) is 14.4. The van der Waals surface area contributed by atoms with E-state index in [1.807, 2.05) is 31.2 Å². The summed E-state index contributed by atoms with van der Waals surface area (Å²) in [5.41, 5.74) is 1.90. The molecule has 6 nitrogen and oxygen atoms in total. The summed E-state index contributed by atoms with van der Waals surface area (Å²) >= 11 is 0. The Kier molecular flexibility index (Phi) is 5.59. The van der Waals surface area contributed by atoms with Crippen molar-refractivity contribution in [1.29, 1.82) is 0 Å². The molecule has 24 heavy (non-hydrogen) atoms. The minimum atomic E-state index is -0.0419. The Bertz CT molecular complexity index is 643. The van der Waals surface area contributed by atoms with Crippen LogP contribution in [0.15, 0.2) is 30.5 Å². The van der Waals surface area contributed by atoms with Gasteiger partial charge in [0.2, 0.25) is 5.95 Å². The Morgan fingerprint density at radius 2 is 2.04 bits per heavy atom. The Morgan fingerprint density at radius 3 is 2.75 bits per heavy atom. The van der Waals surface area contributed by atoms with E-state index >= 15 is 0 Å². The molecule has 1 aliphatic rings. The number of rotatable bonds is 6. The van der Waals surface area contributed by atoms with Crippen LogP contribution in [-0.2, 0) is 4.74 Å². The third-order valence-electron chi connectivity index (χ3n) is 4.18. The molecule has 1 unspecified atom stereocenters. The fourth-order valence-electron chi connectivity index (χ4n) is 2.99. The molecule has 3 rings (SSSR count). The zero-order chi connectivity index (χ0) is 16.8. The van der Waals surface area contributed by atoms with Gasteiger partial charge in [-0.25, -0.2) is 4.98 Å². The van der Waals surface area contributed by atoms with Crippen molar-refractivity contribution in [3.8, 4) is 0 Å². The molecule has 0 bridgehead atoms. The molecular formula is C18H25N5O. The molecule has 2 aromatic rings. The highest BCUT2D eigenvalue weighted by atomic mass is 16.5. The minimum Gasteiger partial charge on any atom is -0.382 e. The van der Waals surface area contributed by atoms with E-state index in [9.17, 15) is 0 Å². The summed E-state index contributed by atoms with van der Waals surface area (Å²) < 4.78 is 5.35. The maximum atomic E-state index is 5.35. The van der Waals surface area contributed by atoms with Crippen molar-refractivity contribution in [1.82, 2.24) is 15.0 Å². The molecule has 2 aromatic heterocycles. The average molecular weight is 327 g/mol. The molecule has 1 aliphatic heterocycles. The zero-order valence-corrected chi connectivity index (χ0v) is 14.4. The van der Waals surface area contributed by atoms with E-state index in [1.54, 1.807) is 13.3 Å². The maximum Gasteiger partial charge on any atom is 0.227 e. The minimum absolute atomic E-state index is 0.0419. The second kappa shape index (κ2) is 8.06. The highest BCUT2D eigenvalue weighted by Gasteiger charge is 2.17. The van der Waals surface area contributed by atoms with Gasteiger partial charge in [0.1, 0.15) is 5.82 Å². The van der Waals surface area contributed by atoms with Crippen LogP contribution < -0.4 is 10.2 Å². The molecule has 0 aliphatic carbocycles. The van der Waals surface area contributed by atoms with E-state index in [0.29, 0.717) is 6.61 Å². The average Bonchev–Trinajstić information content (AvgIpc) is 2.62. The fraction of sp³-hybridized carbons (Fsp3) is 0.500. The van der Waals surface area contributed by atoms with Gasteiger partial charge in [-0.3, -0.25) is 4.98 Å². The molecular weight excluding hydrogens is 302 g/mol. The lowest BCUT2D eigenvalue weighted by Gasteiger charge is -2.27. The molecule has 0 saturated carbocycles. The Hall–Kier alpha value is -2.21. The van der Waals surface area contributed by atoms with Crippen molar-refractivity contribution in [3.63, 3.8) is 0 Å². The lowest BCUT2D eigenvalue weighted by atomic mass is 10.1. The van der Waals surface area contributed by atoms with Crippen LogP contribution in [0.25, 0.3) is 0 Å². The number of hydrogen-bond acceptors (Lipinski definition) is 6. The lowest BCUT2D eigenvalue weighted by molar-refractivity contribution is 0.185. The standard InChI is InChI=1S/C18H25N5O/c1-14-12-17(22-18(20-14)23-10-6-3-7-11-23)21-16(13-24-2)15-8-4-5-9-19-15/h4-5,8-9,12,16H,3,6-7,10-11,13H2,1-2H3,(H,20,21,22). The van der Waals surface area contributed by atoms with Gasteiger partial charge < -0.3 is 15.0 Å². The van der Waals surface area contributed by atoms with Crippen LogP contribution in [-0.4, -0.2) is 41.8 Å². The van der Waals surface area contributed by atoms with Crippen molar-refractivity contribution in [2.45, 2.75) is 32.2 Å².